The van der Waals surface area contributed by atoms with Gasteiger partial charge in [0.2, 0.25) is 0 Å². The smallest absolute Gasteiger partial charge is 0.0724 e. The fourth-order valence-corrected chi connectivity index (χ4v) is 3.95. The van der Waals surface area contributed by atoms with Crippen molar-refractivity contribution < 1.29 is 0 Å². The molecular formula is C28H26ClN. The zero-order valence-corrected chi connectivity index (χ0v) is 18.2. The molecule has 0 spiro atoms. The first-order valence-electron chi connectivity index (χ1n) is 10.5. The van der Waals surface area contributed by atoms with Gasteiger partial charge in [0.1, 0.15) is 0 Å². The minimum atomic E-state index is 0.513. The van der Waals surface area contributed by atoms with Crippen LogP contribution in [0.5, 0.6) is 0 Å². The van der Waals surface area contributed by atoms with Crippen LogP contribution in [-0.2, 0) is 6.42 Å². The molecule has 1 nitrogen and oxygen atoms in total. The molecule has 0 unspecified atom stereocenters. The van der Waals surface area contributed by atoms with E-state index < -0.39 is 0 Å². The highest BCUT2D eigenvalue weighted by Gasteiger charge is 2.07. The third-order valence-electron chi connectivity index (χ3n) is 5.71. The Morgan fingerprint density at radius 2 is 1.73 bits per heavy atom. The molecule has 0 saturated heterocycles. The molecule has 3 aromatic carbocycles. The van der Waals surface area contributed by atoms with Gasteiger partial charge >= 0.3 is 0 Å². The third-order valence-corrected chi connectivity index (χ3v) is 5.94. The quantitative estimate of drug-likeness (QED) is 0.312. The van der Waals surface area contributed by atoms with Crippen LogP contribution >= 0.6 is 11.6 Å². The lowest BCUT2D eigenvalue weighted by Crippen LogP contribution is -1.98. The largest absolute Gasteiger partial charge is 0.248 e. The Labute approximate surface area is 184 Å². The van der Waals surface area contributed by atoms with Crippen molar-refractivity contribution >= 4 is 34.7 Å². The van der Waals surface area contributed by atoms with Crippen molar-refractivity contribution in [1.29, 1.82) is 0 Å². The zero-order chi connectivity index (χ0) is 20.9. The number of hydrogen-bond donors (Lipinski definition) is 0. The van der Waals surface area contributed by atoms with E-state index in [-0.39, 0.29) is 0 Å². The fourth-order valence-electron chi connectivity index (χ4n) is 3.78. The minimum Gasteiger partial charge on any atom is -0.248 e. The van der Waals surface area contributed by atoms with Gasteiger partial charge < -0.3 is 0 Å². The lowest BCUT2D eigenvalue weighted by atomic mass is 9.92. The van der Waals surface area contributed by atoms with Gasteiger partial charge in [0.15, 0.2) is 0 Å². The highest BCUT2D eigenvalue weighted by Crippen LogP contribution is 2.24. The molecule has 4 rings (SSSR count). The van der Waals surface area contributed by atoms with Gasteiger partial charge in [-0.3, -0.25) is 0 Å². The first kappa shape index (κ1) is 20.4. The van der Waals surface area contributed by atoms with Crippen LogP contribution in [0, 0.1) is 6.92 Å². The maximum absolute atomic E-state index is 6.11. The van der Waals surface area contributed by atoms with Crippen molar-refractivity contribution in [2.45, 2.75) is 32.6 Å². The van der Waals surface area contributed by atoms with Gasteiger partial charge in [0.05, 0.1) is 11.2 Å². The van der Waals surface area contributed by atoms with Crippen LogP contribution in [0.3, 0.4) is 0 Å². The van der Waals surface area contributed by atoms with Crippen molar-refractivity contribution in [3.05, 3.63) is 112 Å². The Kier molecular flexibility index (Phi) is 6.30. The average Bonchev–Trinajstić information content (AvgIpc) is 2.77. The molecule has 1 aromatic heterocycles. The van der Waals surface area contributed by atoms with Crippen molar-refractivity contribution in [1.82, 2.24) is 4.98 Å². The normalized spacial score (nSPS) is 12.5. The van der Waals surface area contributed by atoms with Crippen LogP contribution in [0.15, 0.2) is 78.9 Å². The standard InChI is InChI=1S/C28H26ClN/c1-20-6-3-4-8-23(20)12-10-21(2)25-9-5-7-22(18-25)11-16-27-17-14-24-13-15-26(29)19-28(24)30-27/h3-9,11,13-19,21H,10,12H2,1-2H3/b16-11+/t21-/m0/s1. The number of fused-ring (bicyclic) bond motifs is 1. The molecule has 0 amide bonds. The van der Waals surface area contributed by atoms with E-state index in [0.29, 0.717) is 10.9 Å². The number of benzene rings is 3. The maximum atomic E-state index is 6.11. The van der Waals surface area contributed by atoms with Crippen LogP contribution < -0.4 is 0 Å². The molecule has 0 aliphatic rings. The van der Waals surface area contributed by atoms with Gasteiger partial charge in [0.25, 0.3) is 0 Å². The molecule has 0 saturated carbocycles. The van der Waals surface area contributed by atoms with Crippen molar-refractivity contribution in [3.63, 3.8) is 0 Å². The molecule has 4 aromatic rings. The minimum absolute atomic E-state index is 0.513. The molecule has 1 atom stereocenters. The Morgan fingerprint density at radius 3 is 2.60 bits per heavy atom. The number of pyridine rings is 1. The molecular weight excluding hydrogens is 386 g/mol. The molecule has 1 heterocycles. The summed E-state index contributed by atoms with van der Waals surface area (Å²) in [7, 11) is 0. The summed E-state index contributed by atoms with van der Waals surface area (Å²) in [6.07, 6.45) is 6.45. The second kappa shape index (κ2) is 9.28. The zero-order valence-electron chi connectivity index (χ0n) is 17.5. The lowest BCUT2D eigenvalue weighted by Gasteiger charge is -2.13. The van der Waals surface area contributed by atoms with Crippen LogP contribution in [0.25, 0.3) is 23.1 Å². The maximum Gasteiger partial charge on any atom is 0.0724 e. The van der Waals surface area contributed by atoms with Crippen LogP contribution in [-0.4, -0.2) is 4.98 Å². The van der Waals surface area contributed by atoms with Gasteiger partial charge in [-0.1, -0.05) is 85.3 Å². The van der Waals surface area contributed by atoms with Crippen LogP contribution in [0.2, 0.25) is 5.02 Å². The Bertz CT molecular complexity index is 1190. The summed E-state index contributed by atoms with van der Waals surface area (Å²) >= 11 is 6.11. The van der Waals surface area contributed by atoms with E-state index in [0.717, 1.165) is 29.4 Å². The van der Waals surface area contributed by atoms with E-state index in [1.807, 2.05) is 24.3 Å². The molecule has 2 heteroatoms. The summed E-state index contributed by atoms with van der Waals surface area (Å²) in [5, 5.41) is 1.81. The predicted molar refractivity (Wildman–Crippen MR) is 130 cm³/mol. The number of aryl methyl sites for hydroxylation is 2. The Balaban J connectivity index is 1.47. The molecule has 150 valence electrons. The highest BCUT2D eigenvalue weighted by atomic mass is 35.5. The average molecular weight is 412 g/mol. The molecule has 0 N–H and O–H groups in total. The topological polar surface area (TPSA) is 12.9 Å². The highest BCUT2D eigenvalue weighted by molar-refractivity contribution is 6.31. The van der Waals surface area contributed by atoms with E-state index in [1.54, 1.807) is 0 Å². The van der Waals surface area contributed by atoms with E-state index >= 15 is 0 Å². The van der Waals surface area contributed by atoms with Crippen molar-refractivity contribution in [2.75, 3.05) is 0 Å². The molecule has 30 heavy (non-hydrogen) atoms. The Morgan fingerprint density at radius 1 is 0.900 bits per heavy atom. The summed E-state index contributed by atoms with van der Waals surface area (Å²) in [4.78, 5) is 4.71. The van der Waals surface area contributed by atoms with Gasteiger partial charge in [-0.15, -0.1) is 0 Å². The number of hydrogen-bond acceptors (Lipinski definition) is 1. The van der Waals surface area contributed by atoms with E-state index in [4.69, 9.17) is 16.6 Å². The number of aromatic nitrogens is 1. The summed E-state index contributed by atoms with van der Waals surface area (Å²) in [5.74, 6) is 0.513. The van der Waals surface area contributed by atoms with Gasteiger partial charge in [0, 0.05) is 10.4 Å². The summed E-state index contributed by atoms with van der Waals surface area (Å²) in [5.41, 5.74) is 7.26. The lowest BCUT2D eigenvalue weighted by molar-refractivity contribution is 0.678. The van der Waals surface area contributed by atoms with Crippen molar-refractivity contribution in [2.24, 2.45) is 0 Å². The van der Waals surface area contributed by atoms with Crippen LogP contribution in [0.4, 0.5) is 0 Å². The van der Waals surface area contributed by atoms with Crippen molar-refractivity contribution in [3.8, 4) is 0 Å². The molecule has 0 bridgehead atoms. The molecule has 0 fully saturated rings. The first-order chi connectivity index (χ1) is 14.6. The van der Waals surface area contributed by atoms with E-state index in [2.05, 4.69) is 80.6 Å². The van der Waals surface area contributed by atoms with E-state index in [1.165, 1.54) is 22.3 Å². The Hall–Kier alpha value is -2.90. The first-order valence-corrected chi connectivity index (χ1v) is 10.9. The van der Waals surface area contributed by atoms with E-state index in [9.17, 15) is 0 Å². The molecule has 0 aliphatic heterocycles. The molecule has 0 radical (unpaired) electrons. The molecule has 0 aliphatic carbocycles. The second-order valence-electron chi connectivity index (χ2n) is 7.94. The van der Waals surface area contributed by atoms with Gasteiger partial charge in [-0.25, -0.2) is 4.98 Å². The summed E-state index contributed by atoms with van der Waals surface area (Å²) in [6, 6.07) is 27.4. The number of nitrogens with zero attached hydrogens (tertiary/aromatic N) is 1. The summed E-state index contributed by atoms with van der Waals surface area (Å²) < 4.78 is 0. The fraction of sp³-hybridized carbons (Fsp3) is 0.179. The van der Waals surface area contributed by atoms with Crippen LogP contribution in [0.1, 0.15) is 47.2 Å². The monoisotopic (exact) mass is 411 g/mol. The van der Waals surface area contributed by atoms with Gasteiger partial charge in [-0.05, 0) is 72.2 Å². The number of halogens is 1. The van der Waals surface area contributed by atoms with Gasteiger partial charge in [-0.2, -0.15) is 0 Å². The third kappa shape index (κ3) is 4.98. The predicted octanol–water partition coefficient (Wildman–Crippen LogP) is 8.10. The summed E-state index contributed by atoms with van der Waals surface area (Å²) in [6.45, 7) is 4.51. The SMILES string of the molecule is Cc1ccccc1CC[C@H](C)c1cccc(/C=C/c2ccc3ccc(Cl)cc3n2)c1. The number of rotatable bonds is 6. The second-order valence-corrected chi connectivity index (χ2v) is 8.38.